The summed E-state index contributed by atoms with van der Waals surface area (Å²) in [4.78, 5) is 3.93. The zero-order valence-electron chi connectivity index (χ0n) is 11.9. The fourth-order valence-corrected chi connectivity index (χ4v) is 3.54. The van der Waals surface area contributed by atoms with Gasteiger partial charge in [-0.05, 0) is 20.8 Å². The molecule has 0 fully saturated rings. The van der Waals surface area contributed by atoms with Gasteiger partial charge in [-0.2, -0.15) is 0 Å². The summed E-state index contributed by atoms with van der Waals surface area (Å²) >= 11 is 0. The molecule has 0 unspecified atom stereocenters. The molecule has 1 aromatic rings. The van der Waals surface area contributed by atoms with Crippen LogP contribution in [0, 0.1) is 6.92 Å². The first-order valence-corrected chi connectivity index (χ1v) is 7.95. The standard InChI is InChI=1S/C12H21N2O5P/c1-4-18-20(17,19-5-2)12(13)10-9(7-15)6-14-8(3)11(10)16/h6,12,15-16H,4-5,7,13H2,1-3H3/t12-/m0/s1. The van der Waals surface area contributed by atoms with Crippen LogP contribution in [0.2, 0.25) is 0 Å². The summed E-state index contributed by atoms with van der Waals surface area (Å²) in [5.74, 6) is -1.39. The lowest BCUT2D eigenvalue weighted by Gasteiger charge is -2.25. The first-order chi connectivity index (χ1) is 9.41. The van der Waals surface area contributed by atoms with Crippen LogP contribution < -0.4 is 5.73 Å². The Kier molecular flexibility index (Phi) is 6.10. The van der Waals surface area contributed by atoms with Gasteiger partial charge in [-0.3, -0.25) is 9.55 Å². The third-order valence-corrected chi connectivity index (χ3v) is 4.96. The molecule has 20 heavy (non-hydrogen) atoms. The number of nitrogens with two attached hydrogens (primary N) is 1. The van der Waals surface area contributed by atoms with E-state index in [-0.39, 0.29) is 31.1 Å². The quantitative estimate of drug-likeness (QED) is 0.658. The molecule has 0 aromatic carbocycles. The monoisotopic (exact) mass is 304 g/mol. The highest BCUT2D eigenvalue weighted by atomic mass is 31.2. The van der Waals surface area contributed by atoms with Crippen LogP contribution in [0.1, 0.15) is 36.5 Å². The van der Waals surface area contributed by atoms with E-state index in [9.17, 15) is 14.8 Å². The second-order valence-corrected chi connectivity index (χ2v) is 6.26. The van der Waals surface area contributed by atoms with Gasteiger partial charge in [-0.1, -0.05) is 0 Å². The lowest BCUT2D eigenvalue weighted by Crippen LogP contribution is -2.17. The number of hydrogen-bond donors (Lipinski definition) is 3. The van der Waals surface area contributed by atoms with Crippen molar-refractivity contribution in [2.24, 2.45) is 5.73 Å². The van der Waals surface area contributed by atoms with Crippen LogP contribution in [0.4, 0.5) is 0 Å². The molecule has 1 atom stereocenters. The van der Waals surface area contributed by atoms with Crippen molar-refractivity contribution in [2.75, 3.05) is 13.2 Å². The number of aromatic nitrogens is 1. The van der Waals surface area contributed by atoms with Crippen LogP contribution in [0.15, 0.2) is 6.20 Å². The summed E-state index contributed by atoms with van der Waals surface area (Å²) in [7, 11) is -3.64. The van der Waals surface area contributed by atoms with Crippen molar-refractivity contribution in [2.45, 2.75) is 33.2 Å². The summed E-state index contributed by atoms with van der Waals surface area (Å²) in [6, 6.07) is 0. The first-order valence-electron chi connectivity index (χ1n) is 6.33. The average molecular weight is 304 g/mol. The highest BCUT2D eigenvalue weighted by Gasteiger charge is 2.37. The summed E-state index contributed by atoms with van der Waals surface area (Å²) < 4.78 is 23.0. The summed E-state index contributed by atoms with van der Waals surface area (Å²) in [6.07, 6.45) is 1.38. The van der Waals surface area contributed by atoms with Gasteiger partial charge in [-0.25, -0.2) is 0 Å². The Morgan fingerprint density at radius 3 is 2.40 bits per heavy atom. The number of aliphatic hydroxyl groups excluding tert-OH is 1. The van der Waals surface area contributed by atoms with Crippen molar-refractivity contribution in [1.29, 1.82) is 0 Å². The van der Waals surface area contributed by atoms with Crippen molar-refractivity contribution >= 4 is 7.60 Å². The highest BCUT2D eigenvalue weighted by molar-refractivity contribution is 7.54. The third-order valence-electron chi connectivity index (χ3n) is 2.78. The SMILES string of the molecule is CCOP(=O)(OCC)[C@H](N)c1c(CO)cnc(C)c1O. The Morgan fingerprint density at radius 2 is 1.95 bits per heavy atom. The smallest absolute Gasteiger partial charge is 0.351 e. The molecule has 8 heteroatoms. The number of nitrogens with zero attached hydrogens (tertiary/aromatic N) is 1. The molecular formula is C12H21N2O5P. The summed E-state index contributed by atoms with van der Waals surface area (Å²) in [5.41, 5.74) is 6.74. The number of aryl methyl sites for hydroxylation is 1. The van der Waals surface area contributed by atoms with E-state index in [1.807, 2.05) is 0 Å². The number of rotatable bonds is 7. The Bertz CT molecular complexity index is 499. The second-order valence-electron chi connectivity index (χ2n) is 4.11. The molecular weight excluding hydrogens is 283 g/mol. The first kappa shape index (κ1) is 17.1. The van der Waals surface area contributed by atoms with Gasteiger partial charge in [0.05, 0.1) is 25.5 Å². The van der Waals surface area contributed by atoms with Gasteiger partial charge in [0.1, 0.15) is 11.5 Å². The second kappa shape index (κ2) is 7.15. The molecule has 1 aromatic heterocycles. The van der Waals surface area contributed by atoms with E-state index in [4.69, 9.17) is 14.8 Å². The Hall–Kier alpha value is -0.980. The van der Waals surface area contributed by atoms with E-state index < -0.39 is 13.4 Å². The molecule has 0 amide bonds. The topological polar surface area (TPSA) is 115 Å². The minimum atomic E-state index is -3.64. The molecule has 114 valence electrons. The highest BCUT2D eigenvalue weighted by Crippen LogP contribution is 2.60. The fourth-order valence-electron chi connectivity index (χ4n) is 1.82. The molecule has 0 bridgehead atoms. The van der Waals surface area contributed by atoms with Crippen LogP contribution in [0.5, 0.6) is 5.75 Å². The molecule has 0 radical (unpaired) electrons. The fraction of sp³-hybridized carbons (Fsp3) is 0.583. The number of aliphatic hydroxyl groups is 1. The molecule has 0 saturated heterocycles. The van der Waals surface area contributed by atoms with E-state index in [1.54, 1.807) is 20.8 Å². The van der Waals surface area contributed by atoms with Gasteiger partial charge < -0.3 is 25.0 Å². The third kappa shape index (κ3) is 3.37. The lowest BCUT2D eigenvalue weighted by molar-refractivity contribution is 0.211. The molecule has 0 aliphatic carbocycles. The van der Waals surface area contributed by atoms with E-state index in [1.165, 1.54) is 6.20 Å². The number of aromatic hydroxyl groups is 1. The van der Waals surface area contributed by atoms with Gasteiger partial charge in [0.2, 0.25) is 0 Å². The van der Waals surface area contributed by atoms with Crippen molar-refractivity contribution in [1.82, 2.24) is 4.98 Å². The van der Waals surface area contributed by atoms with Gasteiger partial charge >= 0.3 is 7.60 Å². The van der Waals surface area contributed by atoms with Gasteiger partial charge in [0, 0.05) is 17.3 Å². The minimum Gasteiger partial charge on any atom is -0.506 e. The van der Waals surface area contributed by atoms with Crippen molar-refractivity contribution < 1.29 is 23.8 Å². The van der Waals surface area contributed by atoms with Crippen LogP contribution in [0.25, 0.3) is 0 Å². The Balaban J connectivity index is 3.34. The van der Waals surface area contributed by atoms with E-state index in [2.05, 4.69) is 4.98 Å². The van der Waals surface area contributed by atoms with E-state index in [0.29, 0.717) is 11.3 Å². The Morgan fingerprint density at radius 1 is 1.40 bits per heavy atom. The maximum absolute atomic E-state index is 12.7. The van der Waals surface area contributed by atoms with Crippen molar-refractivity contribution in [3.63, 3.8) is 0 Å². The predicted molar refractivity (Wildman–Crippen MR) is 74.3 cm³/mol. The van der Waals surface area contributed by atoms with Crippen LogP contribution in [-0.4, -0.2) is 28.4 Å². The lowest BCUT2D eigenvalue weighted by atomic mass is 10.1. The zero-order valence-corrected chi connectivity index (χ0v) is 12.8. The molecule has 0 spiro atoms. The maximum Gasteiger partial charge on any atom is 0.351 e. The normalized spacial score (nSPS) is 13.4. The van der Waals surface area contributed by atoms with E-state index >= 15 is 0 Å². The van der Waals surface area contributed by atoms with Crippen LogP contribution in [0.3, 0.4) is 0 Å². The van der Waals surface area contributed by atoms with Gasteiger partial charge in [0.15, 0.2) is 0 Å². The molecule has 1 rings (SSSR count). The van der Waals surface area contributed by atoms with E-state index in [0.717, 1.165) is 0 Å². The average Bonchev–Trinajstić information content (AvgIpc) is 2.41. The maximum atomic E-state index is 12.7. The molecule has 0 saturated carbocycles. The van der Waals surface area contributed by atoms with Crippen LogP contribution in [-0.2, 0) is 20.2 Å². The zero-order chi connectivity index (χ0) is 15.3. The molecule has 4 N–H and O–H groups in total. The van der Waals surface area contributed by atoms with Gasteiger partial charge in [-0.15, -0.1) is 0 Å². The van der Waals surface area contributed by atoms with Crippen molar-refractivity contribution in [3.8, 4) is 5.75 Å². The summed E-state index contributed by atoms with van der Waals surface area (Å²) in [5, 5.41) is 19.4. The molecule has 7 nitrogen and oxygen atoms in total. The van der Waals surface area contributed by atoms with Crippen molar-refractivity contribution in [3.05, 3.63) is 23.0 Å². The molecule has 0 aliphatic rings. The largest absolute Gasteiger partial charge is 0.506 e. The molecule has 1 heterocycles. The van der Waals surface area contributed by atoms with Gasteiger partial charge in [0.25, 0.3) is 0 Å². The number of pyridine rings is 1. The predicted octanol–water partition coefficient (Wildman–Crippen LogP) is 1.81. The summed E-state index contributed by atoms with van der Waals surface area (Å²) in [6.45, 7) is 4.85. The number of hydrogen-bond acceptors (Lipinski definition) is 7. The Labute approximate surface area is 118 Å². The molecule has 0 aliphatic heterocycles. The minimum absolute atomic E-state index is 0.144. The van der Waals surface area contributed by atoms with Crippen LogP contribution >= 0.6 is 7.60 Å².